The molecule has 15 nitrogen and oxygen atoms in total. The molecule has 0 radical (unpaired) electrons. The molecule has 16 heteroatoms. The number of carbonyl (C=O) groups excluding carboxylic acids is 3. The Balaban J connectivity index is 0.667. The van der Waals surface area contributed by atoms with Gasteiger partial charge in [-0.3, -0.25) is 34.6 Å². The van der Waals surface area contributed by atoms with Crippen LogP contribution in [-0.4, -0.2) is 135 Å². The topological polar surface area (TPSA) is 156 Å². The van der Waals surface area contributed by atoms with Crippen LogP contribution in [-0.2, 0) is 16.1 Å². The molecule has 2 aliphatic carbocycles. The summed E-state index contributed by atoms with van der Waals surface area (Å²) < 4.78 is 22.1. The van der Waals surface area contributed by atoms with Crippen LogP contribution in [0.5, 0.6) is 5.88 Å². The fraction of sp³-hybridized carbons (Fsp3) is 0.558. The molecule has 7 heterocycles. The van der Waals surface area contributed by atoms with Gasteiger partial charge < -0.3 is 19.4 Å². The minimum absolute atomic E-state index is 0.0454. The lowest BCUT2D eigenvalue weighted by Gasteiger charge is -2.40. The molecule has 0 spiro atoms. The lowest BCUT2D eigenvalue weighted by atomic mass is 9.81. The third kappa shape index (κ3) is 7.72. The van der Waals surface area contributed by atoms with Crippen molar-refractivity contribution in [1.82, 2.24) is 45.2 Å². The number of fused-ring (bicyclic) bond motifs is 2. The van der Waals surface area contributed by atoms with E-state index in [1.54, 1.807) is 24.7 Å². The third-order valence-electron chi connectivity index (χ3n) is 13.7. The Labute approximate surface area is 342 Å². The fourth-order valence-electron chi connectivity index (χ4n) is 9.82. The lowest BCUT2D eigenvalue weighted by molar-refractivity contribution is -0.136. The van der Waals surface area contributed by atoms with E-state index in [9.17, 15) is 14.4 Å². The SMILES string of the molecule is CC1(Oc2cc3c(-c4cc(N5CCN(C[C@H]6CC[C@H](CN7CCN(c8ccc9c(c8F)CN(C8CCC(=O)NC8=O)C9=O)CC7)CC6)CC5)ncn4)n[nH]c3cn2)CC1. The van der Waals surface area contributed by atoms with Gasteiger partial charge in [-0.1, -0.05) is 0 Å². The monoisotopic (exact) mass is 805 g/mol. The van der Waals surface area contributed by atoms with Crippen molar-refractivity contribution < 1.29 is 23.5 Å². The quantitative estimate of drug-likeness (QED) is 0.223. The molecule has 5 fully saturated rings. The van der Waals surface area contributed by atoms with Crippen LogP contribution in [0, 0.1) is 17.7 Å². The minimum atomic E-state index is -0.754. The van der Waals surface area contributed by atoms with Gasteiger partial charge in [0.05, 0.1) is 29.6 Å². The first-order chi connectivity index (χ1) is 28.7. The van der Waals surface area contributed by atoms with Gasteiger partial charge in [0.1, 0.15) is 29.5 Å². The van der Waals surface area contributed by atoms with E-state index in [-0.39, 0.29) is 42.6 Å². The third-order valence-corrected chi connectivity index (χ3v) is 13.7. The standard InChI is InChI=1S/C43H52FN11O4/c1-43(10-11-43)59-38-20-30-33(22-45-38)49-50-40(30)32-21-36(47-26-46-32)54-18-14-52(15-19-54)24-28-4-2-27(3-5-28)23-51-12-16-53(17-13-51)34-7-6-29-31(39(34)44)25-55(42(29)58)35-8-9-37(56)48-41(35)57/h6-7,20-22,26-28,35H,2-5,8-19,23-25H2,1H3,(H,49,50)(H,48,56,57)/t27-,28-,35?. The van der Waals surface area contributed by atoms with Crippen LogP contribution >= 0.6 is 0 Å². The van der Waals surface area contributed by atoms with E-state index in [0.717, 1.165) is 112 Å². The Bertz CT molecular complexity index is 2260. The summed E-state index contributed by atoms with van der Waals surface area (Å²) in [6, 6.07) is 6.66. The summed E-state index contributed by atoms with van der Waals surface area (Å²) in [6.07, 6.45) is 10.9. The molecule has 1 unspecified atom stereocenters. The number of pyridine rings is 1. The average molecular weight is 806 g/mol. The van der Waals surface area contributed by atoms with Crippen molar-refractivity contribution >= 4 is 40.1 Å². The van der Waals surface area contributed by atoms with Crippen molar-refractivity contribution in [1.29, 1.82) is 0 Å². The average Bonchev–Trinajstić information content (AvgIpc) is 3.66. The second-order valence-electron chi connectivity index (χ2n) is 17.7. The number of nitrogens with one attached hydrogen (secondary N) is 2. The van der Waals surface area contributed by atoms with Gasteiger partial charge in [-0.15, -0.1) is 0 Å². The highest BCUT2D eigenvalue weighted by atomic mass is 19.1. The van der Waals surface area contributed by atoms with Gasteiger partial charge in [0.2, 0.25) is 17.7 Å². The van der Waals surface area contributed by atoms with Crippen molar-refractivity contribution in [2.75, 3.05) is 75.2 Å². The number of imide groups is 1. The second-order valence-corrected chi connectivity index (χ2v) is 17.7. The molecule has 59 heavy (non-hydrogen) atoms. The van der Waals surface area contributed by atoms with Crippen molar-refractivity contribution in [3.63, 3.8) is 0 Å². The summed E-state index contributed by atoms with van der Waals surface area (Å²) in [4.78, 5) is 61.9. The minimum Gasteiger partial charge on any atom is -0.471 e. The zero-order chi connectivity index (χ0) is 40.3. The molecule has 310 valence electrons. The molecule has 2 saturated carbocycles. The Hall–Kier alpha value is -5.22. The van der Waals surface area contributed by atoms with Gasteiger partial charge in [0.15, 0.2) is 5.82 Å². The maximum absolute atomic E-state index is 15.9. The van der Waals surface area contributed by atoms with E-state index in [0.29, 0.717) is 28.6 Å². The molecule has 3 aromatic heterocycles. The molecule has 3 amide bonds. The molecule has 4 aromatic rings. The van der Waals surface area contributed by atoms with Crippen LogP contribution in [0.4, 0.5) is 15.9 Å². The number of H-pyrrole nitrogens is 1. The van der Waals surface area contributed by atoms with Crippen LogP contribution in [0.25, 0.3) is 22.3 Å². The number of benzene rings is 1. The summed E-state index contributed by atoms with van der Waals surface area (Å²) in [7, 11) is 0. The molecule has 6 aliphatic rings. The highest BCUT2D eigenvalue weighted by molar-refractivity contribution is 6.05. The van der Waals surface area contributed by atoms with Crippen molar-refractivity contribution in [2.24, 2.45) is 11.8 Å². The number of amides is 3. The van der Waals surface area contributed by atoms with E-state index < -0.39 is 11.9 Å². The smallest absolute Gasteiger partial charge is 0.255 e. The molecule has 2 N–H and O–H groups in total. The number of aromatic nitrogens is 5. The van der Waals surface area contributed by atoms with Crippen molar-refractivity contribution in [3.05, 3.63) is 53.7 Å². The number of carbonyl (C=O) groups is 3. The normalized spacial score (nSPS) is 25.1. The van der Waals surface area contributed by atoms with Gasteiger partial charge in [0.25, 0.3) is 5.91 Å². The molecular weight excluding hydrogens is 754 g/mol. The van der Waals surface area contributed by atoms with Crippen LogP contribution in [0.1, 0.15) is 74.2 Å². The van der Waals surface area contributed by atoms with Gasteiger partial charge in [-0.2, -0.15) is 5.10 Å². The molecule has 1 aromatic carbocycles. The molecular formula is C43H52FN11O4. The molecule has 4 aliphatic heterocycles. The first kappa shape index (κ1) is 38.0. The predicted molar refractivity (Wildman–Crippen MR) is 218 cm³/mol. The van der Waals surface area contributed by atoms with Gasteiger partial charge >= 0.3 is 0 Å². The number of piperazine rings is 2. The van der Waals surface area contributed by atoms with E-state index in [1.807, 2.05) is 12.1 Å². The first-order valence-electron chi connectivity index (χ1n) is 21.4. The Morgan fingerprint density at radius 1 is 0.847 bits per heavy atom. The lowest BCUT2D eigenvalue weighted by Crippen LogP contribution is -2.52. The maximum Gasteiger partial charge on any atom is 0.255 e. The molecule has 3 saturated heterocycles. The number of piperidine rings is 1. The maximum atomic E-state index is 15.9. The van der Waals surface area contributed by atoms with E-state index in [4.69, 9.17) is 4.74 Å². The molecule has 0 bridgehead atoms. The number of anilines is 2. The summed E-state index contributed by atoms with van der Waals surface area (Å²) in [6.45, 7) is 11.5. The molecule has 10 rings (SSSR count). The van der Waals surface area contributed by atoms with Crippen LogP contribution < -0.4 is 19.9 Å². The number of aromatic amines is 1. The number of hydrogen-bond donors (Lipinski definition) is 2. The van der Waals surface area contributed by atoms with E-state index in [2.05, 4.69) is 57.0 Å². The Morgan fingerprint density at radius 2 is 1.54 bits per heavy atom. The summed E-state index contributed by atoms with van der Waals surface area (Å²) in [5, 5.41) is 10.9. The van der Waals surface area contributed by atoms with Gasteiger partial charge in [0, 0.05) is 101 Å². The van der Waals surface area contributed by atoms with Crippen LogP contribution in [0.15, 0.2) is 36.8 Å². The number of rotatable bonds is 10. The number of halogens is 1. The summed E-state index contributed by atoms with van der Waals surface area (Å²) in [5.41, 5.74) is 3.48. The molecule has 1 atom stereocenters. The summed E-state index contributed by atoms with van der Waals surface area (Å²) in [5.74, 6) is 1.40. The van der Waals surface area contributed by atoms with E-state index >= 15 is 4.39 Å². The zero-order valence-corrected chi connectivity index (χ0v) is 33.7. The van der Waals surface area contributed by atoms with Gasteiger partial charge in [-0.05, 0) is 75.8 Å². The predicted octanol–water partition coefficient (Wildman–Crippen LogP) is 4.00. The fourth-order valence-corrected chi connectivity index (χ4v) is 9.82. The number of nitrogens with zero attached hydrogens (tertiary/aromatic N) is 9. The van der Waals surface area contributed by atoms with Crippen LogP contribution in [0.2, 0.25) is 0 Å². The Morgan fingerprint density at radius 3 is 2.22 bits per heavy atom. The van der Waals surface area contributed by atoms with Gasteiger partial charge in [-0.25, -0.2) is 19.3 Å². The summed E-state index contributed by atoms with van der Waals surface area (Å²) >= 11 is 0. The van der Waals surface area contributed by atoms with Crippen LogP contribution in [0.3, 0.4) is 0 Å². The van der Waals surface area contributed by atoms with Crippen molar-refractivity contribution in [2.45, 2.75) is 76.5 Å². The Kier molecular flexibility index (Phi) is 9.94. The number of ether oxygens (including phenoxy) is 1. The first-order valence-corrected chi connectivity index (χ1v) is 21.4. The highest BCUT2D eigenvalue weighted by Gasteiger charge is 2.42. The second kappa shape index (κ2) is 15.4. The largest absolute Gasteiger partial charge is 0.471 e. The zero-order valence-electron chi connectivity index (χ0n) is 33.7. The highest BCUT2D eigenvalue weighted by Crippen LogP contribution is 2.40. The van der Waals surface area contributed by atoms with E-state index in [1.165, 1.54) is 30.6 Å². The van der Waals surface area contributed by atoms with Crippen molar-refractivity contribution in [3.8, 4) is 17.3 Å². The number of hydrogen-bond acceptors (Lipinski definition) is 12.